The Kier molecular flexibility index (Phi) is 4.48. The molecule has 1 aromatic heterocycles. The Balaban J connectivity index is 1.79. The number of hydrogen-bond acceptors (Lipinski definition) is 7. The Bertz CT molecular complexity index is 821. The highest BCUT2D eigenvalue weighted by atomic mass is 32.2. The summed E-state index contributed by atoms with van der Waals surface area (Å²) in [5.41, 5.74) is 0.936. The molecule has 0 aliphatic carbocycles. The van der Waals surface area contributed by atoms with Crippen LogP contribution in [0.3, 0.4) is 0 Å². The van der Waals surface area contributed by atoms with Crippen LogP contribution >= 0.6 is 23.1 Å². The predicted molar refractivity (Wildman–Crippen MR) is 87.6 cm³/mol. The first-order valence-corrected chi connectivity index (χ1v) is 9.19. The van der Waals surface area contributed by atoms with Gasteiger partial charge >= 0.3 is 0 Å². The second kappa shape index (κ2) is 6.40. The molecule has 1 aliphatic rings. The molecule has 2 aromatic rings. The van der Waals surface area contributed by atoms with Crippen LogP contribution in [0.2, 0.25) is 0 Å². The van der Waals surface area contributed by atoms with Gasteiger partial charge in [0.1, 0.15) is 0 Å². The van der Waals surface area contributed by atoms with Crippen molar-refractivity contribution in [3.63, 3.8) is 0 Å². The summed E-state index contributed by atoms with van der Waals surface area (Å²) < 4.78 is 21.7. The van der Waals surface area contributed by atoms with E-state index in [1.165, 1.54) is 18.0 Å². The molecule has 0 saturated carbocycles. The maximum absolute atomic E-state index is 12.2. The molecule has 0 radical (unpaired) electrons. The molecule has 0 saturated heterocycles. The van der Waals surface area contributed by atoms with Crippen LogP contribution in [0.5, 0.6) is 0 Å². The number of thioether (sulfide) groups is 1. The van der Waals surface area contributed by atoms with Crippen molar-refractivity contribution in [2.75, 3.05) is 10.6 Å². The molecule has 1 aliphatic heterocycles. The molecule has 2 amide bonds. The fourth-order valence-electron chi connectivity index (χ4n) is 1.91. The number of nitrogens with one attached hydrogen (secondary N) is 2. The van der Waals surface area contributed by atoms with Gasteiger partial charge in [0.05, 0.1) is 21.3 Å². The molecule has 2 heterocycles. The minimum absolute atomic E-state index is 0.0448. The highest BCUT2D eigenvalue weighted by molar-refractivity contribution is 8.01. The molecular formula is C13H10N3O4S3-. The van der Waals surface area contributed by atoms with E-state index >= 15 is 0 Å². The van der Waals surface area contributed by atoms with E-state index in [0.717, 1.165) is 16.2 Å². The van der Waals surface area contributed by atoms with E-state index in [2.05, 4.69) is 15.6 Å². The van der Waals surface area contributed by atoms with E-state index in [1.54, 1.807) is 18.2 Å². The molecule has 2 N–H and O–H groups in total. The van der Waals surface area contributed by atoms with Crippen molar-refractivity contribution in [2.45, 2.75) is 21.3 Å². The van der Waals surface area contributed by atoms with Crippen LogP contribution in [0, 0.1) is 0 Å². The summed E-state index contributed by atoms with van der Waals surface area (Å²) in [5.74, 6) is -0.536. The molecule has 23 heavy (non-hydrogen) atoms. The molecule has 2 atom stereocenters. The van der Waals surface area contributed by atoms with Crippen LogP contribution in [0.1, 0.15) is 17.3 Å². The van der Waals surface area contributed by atoms with Gasteiger partial charge in [-0.1, -0.05) is 11.3 Å². The SMILES string of the molecule is C[C@H]1Sc2ccc(C(=O)Nc3ncc(S(=O)[O-])s3)cc2NC1=O. The van der Waals surface area contributed by atoms with Gasteiger partial charge in [-0.2, -0.15) is 0 Å². The standard InChI is InChI=1S/C13H11N3O4S3/c1-6-11(17)15-8-4-7(2-3-9(8)21-6)12(18)16-13-14-5-10(22-13)23(19)20/h2-6H,1H3,(H,15,17)(H,19,20)(H,14,16,18)/p-1/t6-/m1/s1. The number of benzene rings is 1. The molecule has 0 bridgehead atoms. The van der Waals surface area contributed by atoms with Crippen LogP contribution in [0.15, 0.2) is 33.5 Å². The lowest BCUT2D eigenvalue weighted by Gasteiger charge is -2.21. The van der Waals surface area contributed by atoms with Crippen LogP contribution < -0.4 is 10.6 Å². The number of thiazole rings is 1. The topological polar surface area (TPSA) is 111 Å². The number of fused-ring (bicyclic) bond motifs is 1. The third-order valence-corrected chi connectivity index (χ3v) is 6.02. The maximum atomic E-state index is 12.2. The van der Waals surface area contributed by atoms with Crippen molar-refractivity contribution in [1.82, 2.24) is 4.98 Å². The number of rotatable bonds is 3. The number of amides is 2. The summed E-state index contributed by atoms with van der Waals surface area (Å²) >= 11 is -0.0801. The molecule has 1 aromatic carbocycles. The zero-order valence-corrected chi connectivity index (χ0v) is 14.1. The van der Waals surface area contributed by atoms with Gasteiger partial charge in [-0.3, -0.25) is 19.1 Å². The quantitative estimate of drug-likeness (QED) is 0.802. The Morgan fingerprint density at radius 1 is 1.48 bits per heavy atom. The first-order valence-electron chi connectivity index (χ1n) is 6.42. The second-order valence-corrected chi connectivity index (χ2v) is 8.21. The van der Waals surface area contributed by atoms with Crippen molar-refractivity contribution in [3.8, 4) is 0 Å². The normalized spacial score (nSPS) is 18.0. The lowest BCUT2D eigenvalue weighted by atomic mass is 10.2. The first-order chi connectivity index (χ1) is 10.9. The lowest BCUT2D eigenvalue weighted by molar-refractivity contribution is -0.115. The lowest BCUT2D eigenvalue weighted by Crippen LogP contribution is -2.26. The van der Waals surface area contributed by atoms with Gasteiger partial charge < -0.3 is 9.87 Å². The van der Waals surface area contributed by atoms with E-state index in [-0.39, 0.29) is 20.5 Å². The fraction of sp³-hybridized carbons (Fsp3) is 0.154. The maximum Gasteiger partial charge on any atom is 0.257 e. The summed E-state index contributed by atoms with van der Waals surface area (Å²) in [5, 5.41) is 5.31. The van der Waals surface area contributed by atoms with Gasteiger partial charge in [-0.15, -0.1) is 11.8 Å². The molecule has 10 heteroatoms. The summed E-state index contributed by atoms with van der Waals surface area (Å²) in [6.45, 7) is 1.81. The number of carbonyl (C=O) groups is 2. The summed E-state index contributed by atoms with van der Waals surface area (Å²) in [7, 11) is 0. The van der Waals surface area contributed by atoms with Gasteiger partial charge in [0, 0.05) is 10.5 Å². The van der Waals surface area contributed by atoms with Gasteiger partial charge in [-0.25, -0.2) is 4.98 Å². The van der Waals surface area contributed by atoms with Gasteiger partial charge in [0.15, 0.2) is 5.13 Å². The second-order valence-electron chi connectivity index (χ2n) is 4.63. The Hall–Kier alpha value is -1.75. The van der Waals surface area contributed by atoms with Gasteiger partial charge in [0.2, 0.25) is 5.91 Å². The first kappa shape index (κ1) is 16.1. The molecule has 120 valence electrons. The monoisotopic (exact) mass is 368 g/mol. The number of anilines is 2. The minimum Gasteiger partial charge on any atom is -0.768 e. The predicted octanol–water partition coefficient (Wildman–Crippen LogP) is 2.07. The zero-order chi connectivity index (χ0) is 16.6. The average Bonchev–Trinajstić information content (AvgIpc) is 2.96. The fourth-order valence-corrected chi connectivity index (χ4v) is 4.04. The largest absolute Gasteiger partial charge is 0.768 e. The van der Waals surface area contributed by atoms with Crippen LogP contribution in [-0.2, 0) is 15.9 Å². The van der Waals surface area contributed by atoms with Gasteiger partial charge in [-0.05, 0) is 36.2 Å². The number of carbonyl (C=O) groups excluding carboxylic acids is 2. The third-order valence-electron chi connectivity index (χ3n) is 3.04. The van der Waals surface area contributed by atoms with E-state index < -0.39 is 17.0 Å². The summed E-state index contributed by atoms with van der Waals surface area (Å²) in [4.78, 5) is 28.6. The highest BCUT2D eigenvalue weighted by Crippen LogP contribution is 2.36. The summed E-state index contributed by atoms with van der Waals surface area (Å²) in [6, 6.07) is 5.00. The van der Waals surface area contributed by atoms with Crippen LogP contribution in [-0.4, -0.2) is 30.8 Å². The minimum atomic E-state index is -2.37. The molecule has 1 unspecified atom stereocenters. The Morgan fingerprint density at radius 3 is 2.96 bits per heavy atom. The zero-order valence-electron chi connectivity index (χ0n) is 11.7. The molecule has 0 fully saturated rings. The summed E-state index contributed by atoms with van der Waals surface area (Å²) in [6.07, 6.45) is 1.18. The molecule has 7 nitrogen and oxygen atoms in total. The van der Waals surface area contributed by atoms with Crippen molar-refractivity contribution >= 4 is 56.8 Å². The van der Waals surface area contributed by atoms with E-state index in [9.17, 15) is 18.4 Å². The molecule has 0 spiro atoms. The van der Waals surface area contributed by atoms with Gasteiger partial charge in [0.25, 0.3) is 5.91 Å². The van der Waals surface area contributed by atoms with Crippen molar-refractivity contribution in [3.05, 3.63) is 30.0 Å². The van der Waals surface area contributed by atoms with Crippen molar-refractivity contribution < 1.29 is 18.4 Å². The third kappa shape index (κ3) is 3.44. The van der Waals surface area contributed by atoms with E-state index in [0.29, 0.717) is 11.3 Å². The number of aromatic nitrogens is 1. The smallest absolute Gasteiger partial charge is 0.257 e. The van der Waals surface area contributed by atoms with Crippen molar-refractivity contribution in [1.29, 1.82) is 0 Å². The average molecular weight is 368 g/mol. The van der Waals surface area contributed by atoms with Crippen LogP contribution in [0.25, 0.3) is 0 Å². The van der Waals surface area contributed by atoms with Crippen molar-refractivity contribution in [2.24, 2.45) is 0 Å². The van der Waals surface area contributed by atoms with Crippen LogP contribution in [0.4, 0.5) is 10.8 Å². The molecule has 3 rings (SSSR count). The Labute approximate surface area is 142 Å². The van der Waals surface area contributed by atoms with E-state index in [4.69, 9.17) is 0 Å². The highest BCUT2D eigenvalue weighted by Gasteiger charge is 2.23. The molecular weight excluding hydrogens is 358 g/mol. The number of nitrogens with zero attached hydrogens (tertiary/aromatic N) is 1. The van der Waals surface area contributed by atoms with E-state index in [1.807, 2.05) is 6.92 Å². The number of hydrogen-bond donors (Lipinski definition) is 2. The Morgan fingerprint density at radius 2 is 2.26 bits per heavy atom.